The highest BCUT2D eigenvalue weighted by Gasteiger charge is 2.38. The lowest BCUT2D eigenvalue weighted by molar-refractivity contribution is 0.0615. The number of sulfonamides is 1. The molecular formula is C12H18N2O5S. The minimum absolute atomic E-state index is 0.0786. The second-order valence-corrected chi connectivity index (χ2v) is 7.24. The first-order valence-corrected chi connectivity index (χ1v) is 7.70. The zero-order valence-electron chi connectivity index (χ0n) is 11.4. The van der Waals surface area contributed by atoms with Crippen LogP contribution in [0.2, 0.25) is 0 Å². The van der Waals surface area contributed by atoms with Crippen LogP contribution in [0.5, 0.6) is 0 Å². The predicted octanol–water partition coefficient (Wildman–Crippen LogP) is 0.175. The molecule has 0 saturated heterocycles. The van der Waals surface area contributed by atoms with Crippen molar-refractivity contribution in [2.24, 2.45) is 0 Å². The van der Waals surface area contributed by atoms with Crippen molar-refractivity contribution in [3.8, 4) is 0 Å². The average molecular weight is 302 g/mol. The van der Waals surface area contributed by atoms with E-state index in [1.54, 1.807) is 0 Å². The van der Waals surface area contributed by atoms with Crippen molar-refractivity contribution in [1.82, 2.24) is 9.62 Å². The first-order valence-electron chi connectivity index (χ1n) is 6.26. The quantitative estimate of drug-likeness (QED) is 0.808. The van der Waals surface area contributed by atoms with Crippen LogP contribution in [0.3, 0.4) is 0 Å². The van der Waals surface area contributed by atoms with Crippen LogP contribution >= 0.6 is 0 Å². The van der Waals surface area contributed by atoms with E-state index in [9.17, 15) is 18.3 Å². The zero-order chi connectivity index (χ0) is 15.0. The maximum absolute atomic E-state index is 12.0. The highest BCUT2D eigenvalue weighted by molar-refractivity contribution is 7.88. The van der Waals surface area contributed by atoms with E-state index in [1.807, 2.05) is 0 Å². The van der Waals surface area contributed by atoms with Crippen LogP contribution in [0.25, 0.3) is 0 Å². The maximum Gasteiger partial charge on any atom is 0.287 e. The van der Waals surface area contributed by atoms with Gasteiger partial charge in [-0.3, -0.25) is 4.79 Å². The highest BCUT2D eigenvalue weighted by atomic mass is 32.2. The number of carbonyl (C=O) groups excluding carboxylic acids is 1. The fraction of sp³-hybridized carbons (Fsp3) is 0.583. The largest absolute Gasteiger partial charge is 0.438 e. The van der Waals surface area contributed by atoms with E-state index in [-0.39, 0.29) is 17.5 Å². The molecule has 0 bridgehead atoms. The van der Waals surface area contributed by atoms with Crippen molar-refractivity contribution >= 4 is 15.9 Å². The molecule has 1 aliphatic rings. The first kappa shape index (κ1) is 15.0. The molecule has 1 aliphatic carbocycles. The van der Waals surface area contributed by atoms with Crippen molar-refractivity contribution in [1.29, 1.82) is 0 Å². The zero-order valence-corrected chi connectivity index (χ0v) is 12.2. The molecule has 2 rings (SSSR count). The van der Waals surface area contributed by atoms with E-state index in [2.05, 4.69) is 5.32 Å². The number of aliphatic hydroxyl groups excluding tert-OH is 1. The second-order valence-electron chi connectivity index (χ2n) is 5.15. The van der Waals surface area contributed by atoms with Gasteiger partial charge < -0.3 is 14.8 Å². The third kappa shape index (κ3) is 2.58. The van der Waals surface area contributed by atoms with Gasteiger partial charge >= 0.3 is 0 Å². The number of carbonyl (C=O) groups is 1. The molecule has 0 atom stereocenters. The summed E-state index contributed by atoms with van der Waals surface area (Å²) in [6, 6.07) is 2.56. The molecule has 1 saturated carbocycles. The van der Waals surface area contributed by atoms with Gasteiger partial charge in [0.25, 0.3) is 15.9 Å². The molecule has 0 aliphatic heterocycles. The third-order valence-electron chi connectivity index (χ3n) is 3.53. The van der Waals surface area contributed by atoms with Gasteiger partial charge in [-0.1, -0.05) is 0 Å². The van der Waals surface area contributed by atoms with Crippen molar-refractivity contribution in [3.05, 3.63) is 17.9 Å². The molecular weight excluding hydrogens is 284 g/mol. The molecule has 20 heavy (non-hydrogen) atoms. The van der Waals surface area contributed by atoms with E-state index >= 15 is 0 Å². The van der Waals surface area contributed by atoms with Gasteiger partial charge in [-0.15, -0.1) is 0 Å². The Morgan fingerprint density at radius 3 is 2.55 bits per heavy atom. The summed E-state index contributed by atoms with van der Waals surface area (Å²) >= 11 is 0. The van der Waals surface area contributed by atoms with Crippen LogP contribution < -0.4 is 5.32 Å². The van der Waals surface area contributed by atoms with E-state index in [0.717, 1.165) is 10.7 Å². The molecule has 1 heterocycles. The SMILES string of the molecule is CN(C)S(=O)(=O)c1ccc(C(=O)NC2(CO)CCC2)o1. The van der Waals surface area contributed by atoms with Crippen molar-refractivity contribution in [3.63, 3.8) is 0 Å². The average Bonchev–Trinajstić information content (AvgIpc) is 2.83. The molecule has 7 nitrogen and oxygen atoms in total. The number of furan rings is 1. The van der Waals surface area contributed by atoms with Crippen molar-refractivity contribution < 1.29 is 22.7 Å². The standard InChI is InChI=1S/C12H18N2O5S/c1-14(2)20(17,18)10-5-4-9(19-10)11(16)13-12(8-15)6-3-7-12/h4-5,15H,3,6-8H2,1-2H3,(H,13,16). The van der Waals surface area contributed by atoms with E-state index < -0.39 is 21.5 Å². The summed E-state index contributed by atoms with van der Waals surface area (Å²) in [4.78, 5) is 12.0. The van der Waals surface area contributed by atoms with Gasteiger partial charge in [-0.25, -0.2) is 12.7 Å². The Bertz CT molecular complexity index is 596. The fourth-order valence-electron chi connectivity index (χ4n) is 1.99. The summed E-state index contributed by atoms with van der Waals surface area (Å²) < 4.78 is 29.8. The normalized spacial score (nSPS) is 17.8. The Hall–Kier alpha value is -1.38. The molecule has 0 spiro atoms. The fourth-order valence-corrected chi connectivity index (χ4v) is 2.78. The van der Waals surface area contributed by atoms with E-state index in [4.69, 9.17) is 4.42 Å². The van der Waals surface area contributed by atoms with Crippen LogP contribution in [-0.2, 0) is 10.0 Å². The van der Waals surface area contributed by atoms with Gasteiger partial charge in [0.2, 0.25) is 5.09 Å². The third-order valence-corrected chi connectivity index (χ3v) is 5.22. The lowest BCUT2D eigenvalue weighted by Crippen LogP contribution is -2.56. The first-order chi connectivity index (χ1) is 9.31. The van der Waals surface area contributed by atoms with Gasteiger partial charge in [0, 0.05) is 14.1 Å². The molecule has 112 valence electrons. The summed E-state index contributed by atoms with van der Waals surface area (Å²) in [6.45, 7) is -0.137. The number of hydrogen-bond acceptors (Lipinski definition) is 5. The van der Waals surface area contributed by atoms with Gasteiger partial charge in [0.1, 0.15) is 0 Å². The lowest BCUT2D eigenvalue weighted by Gasteiger charge is -2.40. The molecule has 0 aromatic carbocycles. The Morgan fingerprint density at radius 1 is 1.45 bits per heavy atom. The molecule has 2 N–H and O–H groups in total. The van der Waals surface area contributed by atoms with Crippen LogP contribution in [0.15, 0.2) is 21.6 Å². The van der Waals surface area contributed by atoms with E-state index in [0.29, 0.717) is 12.8 Å². The number of nitrogens with one attached hydrogen (secondary N) is 1. The molecule has 0 unspecified atom stereocenters. The lowest BCUT2D eigenvalue weighted by atomic mass is 9.77. The molecule has 1 fully saturated rings. The van der Waals surface area contributed by atoms with Gasteiger partial charge in [-0.05, 0) is 31.4 Å². The Kier molecular flexibility index (Phi) is 3.90. The monoisotopic (exact) mass is 302 g/mol. The van der Waals surface area contributed by atoms with Gasteiger partial charge in [0.15, 0.2) is 5.76 Å². The van der Waals surface area contributed by atoms with Crippen LogP contribution in [0, 0.1) is 0 Å². The summed E-state index contributed by atoms with van der Waals surface area (Å²) in [6.07, 6.45) is 2.36. The van der Waals surface area contributed by atoms with E-state index in [1.165, 1.54) is 26.2 Å². The minimum atomic E-state index is -3.69. The second kappa shape index (κ2) is 5.19. The topological polar surface area (TPSA) is 99.9 Å². The predicted molar refractivity (Wildman–Crippen MR) is 70.7 cm³/mol. The smallest absolute Gasteiger partial charge is 0.287 e. The number of aliphatic hydroxyl groups is 1. The van der Waals surface area contributed by atoms with Crippen LogP contribution in [0.1, 0.15) is 29.8 Å². The Labute approximate surface area is 117 Å². The summed E-state index contributed by atoms with van der Waals surface area (Å²) in [5, 5.41) is 11.7. The number of amides is 1. The summed E-state index contributed by atoms with van der Waals surface area (Å²) in [7, 11) is -0.930. The minimum Gasteiger partial charge on any atom is -0.438 e. The van der Waals surface area contributed by atoms with Gasteiger partial charge in [-0.2, -0.15) is 0 Å². The Balaban J connectivity index is 2.15. The van der Waals surface area contributed by atoms with Gasteiger partial charge in [0.05, 0.1) is 12.1 Å². The number of hydrogen-bond donors (Lipinski definition) is 2. The molecule has 8 heteroatoms. The highest BCUT2D eigenvalue weighted by Crippen LogP contribution is 2.31. The Morgan fingerprint density at radius 2 is 2.10 bits per heavy atom. The molecule has 1 aromatic rings. The van der Waals surface area contributed by atoms with Crippen LogP contribution in [-0.4, -0.2) is 50.0 Å². The maximum atomic E-state index is 12.0. The summed E-state index contributed by atoms with van der Waals surface area (Å²) in [5.41, 5.74) is -0.593. The molecule has 1 aromatic heterocycles. The molecule has 1 amide bonds. The summed E-state index contributed by atoms with van der Waals surface area (Å²) in [5.74, 6) is -0.593. The van der Waals surface area contributed by atoms with Crippen molar-refractivity contribution in [2.75, 3.05) is 20.7 Å². The van der Waals surface area contributed by atoms with Crippen LogP contribution in [0.4, 0.5) is 0 Å². The molecule has 0 radical (unpaired) electrons. The van der Waals surface area contributed by atoms with Crippen molar-refractivity contribution in [2.45, 2.75) is 29.9 Å². The number of nitrogens with zero attached hydrogens (tertiary/aromatic N) is 1. The number of rotatable bonds is 5.